The van der Waals surface area contributed by atoms with E-state index in [-0.39, 0.29) is 0 Å². The summed E-state index contributed by atoms with van der Waals surface area (Å²) in [6.45, 7) is 2.33. The van der Waals surface area contributed by atoms with E-state index in [1.165, 1.54) is 59.3 Å². The van der Waals surface area contributed by atoms with E-state index in [1.807, 2.05) is 0 Å². The maximum Gasteiger partial charge on any atom is 0.0212 e. The highest BCUT2D eigenvalue weighted by atomic mass is 79.9. The van der Waals surface area contributed by atoms with Crippen molar-refractivity contribution < 1.29 is 0 Å². The monoisotopic (exact) mass is 339 g/mol. The largest absolute Gasteiger partial charge is 0.316 e. The van der Waals surface area contributed by atoms with Crippen LogP contribution in [0, 0.1) is 0 Å². The first-order valence-electron chi connectivity index (χ1n) is 7.42. The van der Waals surface area contributed by atoms with Gasteiger partial charge in [0.05, 0.1) is 0 Å². The number of thioether (sulfide) groups is 1. The van der Waals surface area contributed by atoms with Crippen LogP contribution in [0.2, 0.25) is 0 Å². The van der Waals surface area contributed by atoms with Crippen molar-refractivity contribution in [3.8, 4) is 0 Å². The second kappa shape index (κ2) is 6.64. The summed E-state index contributed by atoms with van der Waals surface area (Å²) >= 11 is 5.92. The summed E-state index contributed by atoms with van der Waals surface area (Å²) in [5, 5.41) is 3.51. The highest BCUT2D eigenvalue weighted by Gasteiger charge is 2.20. The van der Waals surface area contributed by atoms with Gasteiger partial charge in [-0.1, -0.05) is 28.1 Å². The van der Waals surface area contributed by atoms with Crippen LogP contribution < -0.4 is 5.32 Å². The maximum atomic E-state index is 3.82. The molecule has 2 saturated heterocycles. The molecule has 2 aliphatic heterocycles. The summed E-state index contributed by atoms with van der Waals surface area (Å²) in [6.07, 6.45) is 5.32. The fourth-order valence-electron chi connectivity index (χ4n) is 3.27. The van der Waals surface area contributed by atoms with Crippen LogP contribution in [-0.4, -0.2) is 24.6 Å². The molecule has 1 aromatic carbocycles. The summed E-state index contributed by atoms with van der Waals surface area (Å²) in [6, 6.07) is 7.14. The molecule has 1 nitrogen and oxygen atoms in total. The second-order valence-electron chi connectivity index (χ2n) is 5.71. The average molecular weight is 340 g/mol. The van der Waals surface area contributed by atoms with Gasteiger partial charge in [0.2, 0.25) is 0 Å². The Bertz CT molecular complexity index is 423. The first-order valence-corrected chi connectivity index (χ1v) is 9.37. The molecule has 19 heavy (non-hydrogen) atoms. The van der Waals surface area contributed by atoms with E-state index in [0.717, 1.165) is 12.5 Å². The van der Waals surface area contributed by atoms with Crippen LogP contribution in [0.5, 0.6) is 0 Å². The van der Waals surface area contributed by atoms with Crippen LogP contribution in [0.15, 0.2) is 22.7 Å². The number of halogens is 1. The molecular weight excluding hydrogens is 318 g/mol. The van der Waals surface area contributed by atoms with Gasteiger partial charge in [0, 0.05) is 11.0 Å². The van der Waals surface area contributed by atoms with Crippen LogP contribution in [-0.2, 0) is 0 Å². The van der Waals surface area contributed by atoms with Crippen LogP contribution in [0.3, 0.4) is 0 Å². The van der Waals surface area contributed by atoms with Crippen molar-refractivity contribution in [2.45, 2.75) is 37.5 Å². The minimum absolute atomic E-state index is 0.709. The van der Waals surface area contributed by atoms with Crippen molar-refractivity contribution in [3.63, 3.8) is 0 Å². The van der Waals surface area contributed by atoms with E-state index >= 15 is 0 Å². The Morgan fingerprint density at radius 2 is 1.95 bits per heavy atom. The molecule has 2 fully saturated rings. The zero-order valence-corrected chi connectivity index (χ0v) is 13.7. The molecule has 0 amide bonds. The molecule has 0 radical (unpaired) electrons. The number of piperidine rings is 1. The van der Waals surface area contributed by atoms with E-state index in [9.17, 15) is 0 Å². The minimum atomic E-state index is 0.709. The SMILES string of the molecule is Brc1cc(C2CCCNC2)ccc1C1CCSCC1. The first-order chi connectivity index (χ1) is 9.34. The number of rotatable bonds is 2. The minimum Gasteiger partial charge on any atom is -0.316 e. The van der Waals surface area contributed by atoms with Gasteiger partial charge in [-0.15, -0.1) is 0 Å². The average Bonchev–Trinajstić information content (AvgIpc) is 2.49. The number of nitrogens with one attached hydrogen (secondary N) is 1. The molecule has 3 rings (SSSR count). The molecular formula is C16H22BrNS. The molecule has 0 saturated carbocycles. The third-order valence-electron chi connectivity index (χ3n) is 4.45. The molecule has 1 unspecified atom stereocenters. The van der Waals surface area contributed by atoms with Gasteiger partial charge in [0.25, 0.3) is 0 Å². The summed E-state index contributed by atoms with van der Waals surface area (Å²) in [7, 11) is 0. The fraction of sp³-hybridized carbons (Fsp3) is 0.625. The molecule has 2 heterocycles. The molecule has 0 aliphatic carbocycles. The van der Waals surface area contributed by atoms with E-state index in [2.05, 4.69) is 51.2 Å². The highest BCUT2D eigenvalue weighted by molar-refractivity contribution is 9.10. The Balaban J connectivity index is 1.76. The smallest absolute Gasteiger partial charge is 0.0212 e. The van der Waals surface area contributed by atoms with E-state index in [0.29, 0.717) is 5.92 Å². The lowest BCUT2D eigenvalue weighted by Gasteiger charge is -2.26. The van der Waals surface area contributed by atoms with Gasteiger partial charge in [-0.25, -0.2) is 0 Å². The van der Waals surface area contributed by atoms with Crippen LogP contribution in [0.4, 0.5) is 0 Å². The lowest BCUT2D eigenvalue weighted by molar-refractivity contribution is 0.461. The fourth-order valence-corrected chi connectivity index (χ4v) is 5.10. The van der Waals surface area contributed by atoms with Gasteiger partial charge in [-0.05, 0) is 72.8 Å². The predicted molar refractivity (Wildman–Crippen MR) is 88.3 cm³/mol. The van der Waals surface area contributed by atoms with Gasteiger partial charge < -0.3 is 5.32 Å². The topological polar surface area (TPSA) is 12.0 Å². The van der Waals surface area contributed by atoms with Crippen molar-refractivity contribution >= 4 is 27.7 Å². The van der Waals surface area contributed by atoms with Crippen molar-refractivity contribution in [2.24, 2.45) is 0 Å². The van der Waals surface area contributed by atoms with Gasteiger partial charge in [-0.3, -0.25) is 0 Å². The number of benzene rings is 1. The maximum absolute atomic E-state index is 3.82. The summed E-state index contributed by atoms with van der Waals surface area (Å²) in [4.78, 5) is 0. The summed E-state index contributed by atoms with van der Waals surface area (Å²) in [5.41, 5.74) is 3.04. The Hall–Kier alpha value is 0.01000. The Kier molecular flexibility index (Phi) is 4.88. The molecule has 0 bridgehead atoms. The third kappa shape index (κ3) is 3.37. The molecule has 0 spiro atoms. The van der Waals surface area contributed by atoms with Crippen LogP contribution >= 0.6 is 27.7 Å². The molecule has 1 atom stereocenters. The third-order valence-corrected chi connectivity index (χ3v) is 6.19. The summed E-state index contributed by atoms with van der Waals surface area (Å²) < 4.78 is 1.34. The zero-order chi connectivity index (χ0) is 13.1. The number of hydrogen-bond donors (Lipinski definition) is 1. The lowest BCUT2D eigenvalue weighted by atomic mass is 9.88. The van der Waals surface area contributed by atoms with E-state index in [4.69, 9.17) is 0 Å². The Labute approximate surface area is 129 Å². The molecule has 0 aromatic heterocycles. The van der Waals surface area contributed by atoms with Crippen molar-refractivity contribution in [1.29, 1.82) is 0 Å². The first kappa shape index (κ1) is 14.0. The quantitative estimate of drug-likeness (QED) is 0.849. The van der Waals surface area contributed by atoms with Crippen molar-refractivity contribution in [2.75, 3.05) is 24.6 Å². The van der Waals surface area contributed by atoms with E-state index < -0.39 is 0 Å². The van der Waals surface area contributed by atoms with Crippen LogP contribution in [0.25, 0.3) is 0 Å². The van der Waals surface area contributed by atoms with Crippen LogP contribution in [0.1, 0.15) is 48.6 Å². The normalized spacial score (nSPS) is 25.4. The Morgan fingerprint density at radius 3 is 2.63 bits per heavy atom. The van der Waals surface area contributed by atoms with Crippen molar-refractivity contribution in [1.82, 2.24) is 5.32 Å². The second-order valence-corrected chi connectivity index (χ2v) is 7.79. The predicted octanol–water partition coefficient (Wildman–Crippen LogP) is 4.53. The van der Waals surface area contributed by atoms with Gasteiger partial charge in [0.1, 0.15) is 0 Å². The molecule has 1 N–H and O–H groups in total. The molecule has 3 heteroatoms. The van der Waals surface area contributed by atoms with Gasteiger partial charge >= 0.3 is 0 Å². The molecule has 104 valence electrons. The van der Waals surface area contributed by atoms with Crippen molar-refractivity contribution in [3.05, 3.63) is 33.8 Å². The molecule has 2 aliphatic rings. The zero-order valence-electron chi connectivity index (χ0n) is 11.3. The highest BCUT2D eigenvalue weighted by Crippen LogP contribution is 2.37. The standard InChI is InChI=1S/C16H22BrNS/c17-16-10-13(14-2-1-7-18-11-14)3-4-15(16)12-5-8-19-9-6-12/h3-4,10,12,14,18H,1-2,5-9,11H2. The summed E-state index contributed by atoms with van der Waals surface area (Å²) in [5.74, 6) is 4.13. The Morgan fingerprint density at radius 1 is 1.11 bits per heavy atom. The van der Waals surface area contributed by atoms with Gasteiger partial charge in [-0.2, -0.15) is 11.8 Å². The van der Waals surface area contributed by atoms with Gasteiger partial charge in [0.15, 0.2) is 0 Å². The number of hydrogen-bond acceptors (Lipinski definition) is 2. The van der Waals surface area contributed by atoms with E-state index in [1.54, 1.807) is 0 Å². The lowest BCUT2D eigenvalue weighted by Crippen LogP contribution is -2.28. The molecule has 1 aromatic rings.